The fourth-order valence-corrected chi connectivity index (χ4v) is 1.37. The minimum Gasteiger partial charge on any atom is -0.396 e. The summed E-state index contributed by atoms with van der Waals surface area (Å²) in [4.78, 5) is 0. The third-order valence-electron chi connectivity index (χ3n) is 2.12. The van der Waals surface area contributed by atoms with Gasteiger partial charge in [0.15, 0.2) is 0 Å². The van der Waals surface area contributed by atoms with Crippen LogP contribution in [0.3, 0.4) is 0 Å². The lowest BCUT2D eigenvalue weighted by Gasteiger charge is -2.11. The average molecular weight is 168 g/mol. The molecule has 12 heavy (non-hydrogen) atoms. The van der Waals surface area contributed by atoms with Crippen LogP contribution in [-0.2, 0) is 6.54 Å². The van der Waals surface area contributed by atoms with Crippen LogP contribution in [0.1, 0.15) is 31.9 Å². The highest BCUT2D eigenvalue weighted by molar-refractivity contribution is 5.06. The van der Waals surface area contributed by atoms with Gasteiger partial charge in [0.1, 0.15) is 0 Å². The summed E-state index contributed by atoms with van der Waals surface area (Å²) in [5, 5.41) is 12.9. The number of aryl methyl sites for hydroxylation is 1. The highest BCUT2D eigenvalue weighted by Gasteiger charge is 2.08. The number of aliphatic hydroxyl groups excluding tert-OH is 1. The van der Waals surface area contributed by atoms with Crippen molar-refractivity contribution in [2.75, 3.05) is 6.61 Å². The molecule has 0 aliphatic carbocycles. The fourth-order valence-electron chi connectivity index (χ4n) is 1.37. The highest BCUT2D eigenvalue weighted by atomic mass is 16.3. The van der Waals surface area contributed by atoms with E-state index in [0.29, 0.717) is 5.92 Å². The lowest BCUT2D eigenvalue weighted by molar-refractivity contribution is 0.276. The summed E-state index contributed by atoms with van der Waals surface area (Å²) in [5.74, 6) is 0.400. The van der Waals surface area contributed by atoms with E-state index in [1.54, 1.807) is 0 Å². The molecule has 0 aliphatic heterocycles. The number of aliphatic hydroxyl groups is 1. The van der Waals surface area contributed by atoms with E-state index in [2.05, 4.69) is 18.9 Å². The predicted octanol–water partition coefficient (Wildman–Crippen LogP) is 1.39. The van der Waals surface area contributed by atoms with Gasteiger partial charge in [0, 0.05) is 31.0 Å². The van der Waals surface area contributed by atoms with Gasteiger partial charge in [-0.25, -0.2) is 0 Å². The molecule has 0 aliphatic rings. The molecule has 68 valence electrons. The van der Waals surface area contributed by atoms with Gasteiger partial charge in [-0.05, 0) is 19.4 Å². The molecular weight excluding hydrogens is 152 g/mol. The minimum absolute atomic E-state index is 0.246. The quantitative estimate of drug-likeness (QED) is 0.737. The minimum atomic E-state index is 0.246. The number of hydrogen-bond acceptors (Lipinski definition) is 2. The van der Waals surface area contributed by atoms with Crippen molar-refractivity contribution in [1.82, 2.24) is 9.78 Å². The lowest BCUT2D eigenvalue weighted by Crippen LogP contribution is -2.07. The predicted molar refractivity (Wildman–Crippen MR) is 48.0 cm³/mol. The maximum absolute atomic E-state index is 8.77. The highest BCUT2D eigenvalue weighted by Crippen LogP contribution is 2.17. The van der Waals surface area contributed by atoms with Gasteiger partial charge in [0.25, 0.3) is 0 Å². The van der Waals surface area contributed by atoms with Crippen LogP contribution in [0.2, 0.25) is 0 Å². The van der Waals surface area contributed by atoms with Crippen molar-refractivity contribution in [3.63, 3.8) is 0 Å². The topological polar surface area (TPSA) is 38.0 Å². The largest absolute Gasteiger partial charge is 0.396 e. The lowest BCUT2D eigenvalue weighted by atomic mass is 10.0. The van der Waals surface area contributed by atoms with Crippen molar-refractivity contribution in [3.05, 3.63) is 18.0 Å². The number of rotatable bonds is 4. The Labute approximate surface area is 73.0 Å². The van der Waals surface area contributed by atoms with Crippen molar-refractivity contribution >= 4 is 0 Å². The van der Waals surface area contributed by atoms with Crippen LogP contribution in [0.25, 0.3) is 0 Å². The molecule has 0 spiro atoms. The summed E-state index contributed by atoms with van der Waals surface area (Å²) >= 11 is 0. The molecule has 1 heterocycles. The zero-order chi connectivity index (χ0) is 8.97. The molecule has 1 N–H and O–H groups in total. The van der Waals surface area contributed by atoms with E-state index >= 15 is 0 Å². The molecule has 1 aromatic heterocycles. The second-order valence-electron chi connectivity index (χ2n) is 2.99. The van der Waals surface area contributed by atoms with E-state index in [4.69, 9.17) is 5.11 Å². The molecule has 0 fully saturated rings. The molecule has 0 amide bonds. The zero-order valence-electron chi connectivity index (χ0n) is 7.70. The van der Waals surface area contributed by atoms with Crippen molar-refractivity contribution in [3.8, 4) is 0 Å². The zero-order valence-corrected chi connectivity index (χ0v) is 7.70. The standard InChI is InChI=1S/C9H16N2O/c1-3-11-9(4-6-10-11)8(2)5-7-12/h4,6,8,12H,3,5,7H2,1-2H3. The second-order valence-corrected chi connectivity index (χ2v) is 2.99. The van der Waals surface area contributed by atoms with E-state index in [0.717, 1.165) is 13.0 Å². The first-order valence-corrected chi connectivity index (χ1v) is 4.42. The summed E-state index contributed by atoms with van der Waals surface area (Å²) in [6.07, 6.45) is 2.62. The van der Waals surface area contributed by atoms with Crippen molar-refractivity contribution < 1.29 is 5.11 Å². The number of nitrogens with zero attached hydrogens (tertiary/aromatic N) is 2. The fraction of sp³-hybridized carbons (Fsp3) is 0.667. The van der Waals surface area contributed by atoms with Crippen LogP contribution in [-0.4, -0.2) is 21.5 Å². The van der Waals surface area contributed by atoms with Gasteiger partial charge in [-0.2, -0.15) is 5.10 Å². The summed E-state index contributed by atoms with van der Waals surface area (Å²) in [6, 6.07) is 2.02. The monoisotopic (exact) mass is 168 g/mol. The Morgan fingerprint density at radius 3 is 3.00 bits per heavy atom. The molecule has 1 unspecified atom stereocenters. The van der Waals surface area contributed by atoms with Crippen LogP contribution >= 0.6 is 0 Å². The van der Waals surface area contributed by atoms with Gasteiger partial charge in [-0.15, -0.1) is 0 Å². The Morgan fingerprint density at radius 1 is 1.67 bits per heavy atom. The number of aromatic nitrogens is 2. The summed E-state index contributed by atoms with van der Waals surface area (Å²) in [5.41, 5.74) is 1.21. The third kappa shape index (κ3) is 1.85. The molecule has 0 radical (unpaired) electrons. The van der Waals surface area contributed by atoms with Crippen molar-refractivity contribution in [1.29, 1.82) is 0 Å². The molecule has 0 aromatic carbocycles. The van der Waals surface area contributed by atoms with Gasteiger partial charge in [-0.3, -0.25) is 4.68 Å². The second kappa shape index (κ2) is 4.26. The maximum atomic E-state index is 8.77. The van der Waals surface area contributed by atoms with E-state index in [1.165, 1.54) is 5.69 Å². The summed E-state index contributed by atoms with van der Waals surface area (Å²) in [6.45, 7) is 5.33. The average Bonchev–Trinajstić information content (AvgIpc) is 2.51. The molecule has 3 heteroatoms. The first-order chi connectivity index (χ1) is 5.79. The molecule has 1 atom stereocenters. The van der Waals surface area contributed by atoms with Gasteiger partial charge < -0.3 is 5.11 Å². The third-order valence-corrected chi connectivity index (χ3v) is 2.12. The number of hydrogen-bond donors (Lipinski definition) is 1. The SMILES string of the molecule is CCn1nccc1C(C)CCO. The van der Waals surface area contributed by atoms with E-state index in [1.807, 2.05) is 16.9 Å². The van der Waals surface area contributed by atoms with Crippen LogP contribution < -0.4 is 0 Å². The summed E-state index contributed by atoms with van der Waals surface area (Å²) in [7, 11) is 0. The van der Waals surface area contributed by atoms with Gasteiger partial charge in [-0.1, -0.05) is 6.92 Å². The van der Waals surface area contributed by atoms with Crippen LogP contribution in [0.5, 0.6) is 0 Å². The van der Waals surface area contributed by atoms with Gasteiger partial charge >= 0.3 is 0 Å². The molecule has 0 saturated carbocycles. The van der Waals surface area contributed by atoms with E-state index in [9.17, 15) is 0 Å². The Balaban J connectivity index is 2.71. The molecule has 1 aromatic rings. The van der Waals surface area contributed by atoms with Crippen LogP contribution in [0.4, 0.5) is 0 Å². The van der Waals surface area contributed by atoms with E-state index in [-0.39, 0.29) is 6.61 Å². The van der Waals surface area contributed by atoms with Gasteiger partial charge in [0.2, 0.25) is 0 Å². The molecule has 1 rings (SSSR count). The Kier molecular flexibility index (Phi) is 3.29. The Bertz CT molecular complexity index is 232. The molecule has 0 bridgehead atoms. The first kappa shape index (κ1) is 9.26. The summed E-state index contributed by atoms with van der Waals surface area (Å²) < 4.78 is 1.97. The smallest absolute Gasteiger partial charge is 0.0492 e. The Hall–Kier alpha value is -0.830. The van der Waals surface area contributed by atoms with Crippen LogP contribution in [0, 0.1) is 0 Å². The maximum Gasteiger partial charge on any atom is 0.0492 e. The van der Waals surface area contributed by atoms with Crippen molar-refractivity contribution in [2.45, 2.75) is 32.7 Å². The molecule has 3 nitrogen and oxygen atoms in total. The Morgan fingerprint density at radius 2 is 2.42 bits per heavy atom. The van der Waals surface area contributed by atoms with Gasteiger partial charge in [0.05, 0.1) is 0 Å². The molecule has 0 saturated heterocycles. The molecular formula is C9H16N2O. The van der Waals surface area contributed by atoms with Crippen LogP contribution in [0.15, 0.2) is 12.3 Å². The van der Waals surface area contributed by atoms with Crippen molar-refractivity contribution in [2.24, 2.45) is 0 Å². The normalized spacial score (nSPS) is 13.2. The first-order valence-electron chi connectivity index (χ1n) is 4.42. The van der Waals surface area contributed by atoms with E-state index < -0.39 is 0 Å².